The minimum absolute atomic E-state index is 0.00690. The van der Waals surface area contributed by atoms with Crippen molar-refractivity contribution in [2.24, 2.45) is 0 Å². The van der Waals surface area contributed by atoms with E-state index in [-0.39, 0.29) is 4.21 Å². The van der Waals surface area contributed by atoms with Crippen molar-refractivity contribution in [1.82, 2.24) is 0 Å². The minimum atomic E-state index is -4.13. The van der Waals surface area contributed by atoms with Gasteiger partial charge in [-0.15, -0.1) is 11.3 Å². The second-order valence-electron chi connectivity index (χ2n) is 3.51. The molecule has 1 N–H and O–H groups in total. The van der Waals surface area contributed by atoms with Crippen molar-refractivity contribution in [2.75, 3.05) is 0 Å². The molecule has 2 aromatic rings. The Hall–Kier alpha value is -0.880. The maximum atomic E-state index is 11.1. The molecule has 0 spiro atoms. The lowest BCUT2D eigenvalue weighted by Crippen LogP contribution is -1.99. The molecule has 0 radical (unpaired) electrons. The van der Waals surface area contributed by atoms with Crippen LogP contribution in [-0.4, -0.2) is 13.0 Å². The lowest BCUT2D eigenvalue weighted by Gasteiger charge is -2.02. The standard InChI is InChI=1S/C11H9ClO3S2/c12-10-3-1-8(2-4-10)7-9-5-6-16-11(9)17(13,14)15/h1-6H,7H2,(H,13,14,15). The first-order chi connectivity index (χ1) is 7.97. The van der Waals surface area contributed by atoms with Crippen molar-refractivity contribution in [3.8, 4) is 0 Å². The van der Waals surface area contributed by atoms with E-state index >= 15 is 0 Å². The summed E-state index contributed by atoms with van der Waals surface area (Å²) in [6, 6.07) is 8.84. The lowest BCUT2D eigenvalue weighted by molar-refractivity contribution is 0.485. The Bertz CT molecular complexity index is 614. The van der Waals surface area contributed by atoms with Crippen molar-refractivity contribution in [1.29, 1.82) is 0 Å². The zero-order chi connectivity index (χ0) is 12.5. The van der Waals surface area contributed by atoms with Crippen molar-refractivity contribution in [3.63, 3.8) is 0 Å². The van der Waals surface area contributed by atoms with Gasteiger partial charge in [0.2, 0.25) is 0 Å². The molecule has 1 aromatic carbocycles. The Morgan fingerprint density at radius 1 is 1.18 bits per heavy atom. The van der Waals surface area contributed by atoms with Gasteiger partial charge < -0.3 is 0 Å². The predicted molar refractivity (Wildman–Crippen MR) is 68.4 cm³/mol. The number of thiophene rings is 1. The van der Waals surface area contributed by atoms with E-state index in [0.717, 1.165) is 16.9 Å². The normalized spacial score (nSPS) is 11.6. The van der Waals surface area contributed by atoms with Gasteiger partial charge in [0.15, 0.2) is 0 Å². The summed E-state index contributed by atoms with van der Waals surface area (Å²) >= 11 is 6.78. The fraction of sp³-hybridized carbons (Fsp3) is 0.0909. The van der Waals surface area contributed by atoms with Crippen LogP contribution in [0.1, 0.15) is 11.1 Å². The van der Waals surface area contributed by atoms with E-state index in [1.54, 1.807) is 23.6 Å². The molecule has 6 heteroatoms. The van der Waals surface area contributed by atoms with Crippen LogP contribution in [-0.2, 0) is 16.5 Å². The Morgan fingerprint density at radius 2 is 1.82 bits per heavy atom. The molecule has 0 fully saturated rings. The van der Waals surface area contributed by atoms with Gasteiger partial charge in [0.25, 0.3) is 0 Å². The van der Waals surface area contributed by atoms with Gasteiger partial charge in [-0.2, -0.15) is 8.42 Å². The van der Waals surface area contributed by atoms with Crippen molar-refractivity contribution >= 4 is 33.1 Å². The molecule has 0 atom stereocenters. The molecule has 1 aromatic heterocycles. The molecule has 90 valence electrons. The summed E-state index contributed by atoms with van der Waals surface area (Å²) < 4.78 is 31.3. The third-order valence-corrected chi connectivity index (χ3v) is 4.90. The van der Waals surface area contributed by atoms with Crippen LogP contribution >= 0.6 is 22.9 Å². The van der Waals surface area contributed by atoms with E-state index in [1.807, 2.05) is 12.1 Å². The van der Waals surface area contributed by atoms with Crippen molar-refractivity contribution in [3.05, 3.63) is 51.9 Å². The molecule has 17 heavy (non-hydrogen) atoms. The van der Waals surface area contributed by atoms with Gasteiger partial charge in [-0.25, -0.2) is 0 Å². The number of rotatable bonds is 3. The summed E-state index contributed by atoms with van der Waals surface area (Å²) in [5.41, 5.74) is 1.54. The minimum Gasteiger partial charge on any atom is -0.281 e. The first kappa shape index (κ1) is 12.6. The van der Waals surface area contributed by atoms with Crippen LogP contribution in [0.15, 0.2) is 39.9 Å². The van der Waals surface area contributed by atoms with Crippen molar-refractivity contribution < 1.29 is 13.0 Å². The molecule has 0 saturated heterocycles. The van der Waals surface area contributed by atoms with Crippen LogP contribution in [0.2, 0.25) is 5.02 Å². The van der Waals surface area contributed by atoms with Crippen LogP contribution in [0.4, 0.5) is 0 Å². The second kappa shape index (κ2) is 4.78. The maximum Gasteiger partial charge on any atom is 0.304 e. The molecule has 0 aliphatic heterocycles. The summed E-state index contributed by atoms with van der Waals surface area (Å²) in [7, 11) is -4.13. The second-order valence-corrected chi connectivity index (χ2v) is 6.48. The van der Waals surface area contributed by atoms with Gasteiger partial charge in [-0.1, -0.05) is 23.7 Å². The molecule has 2 rings (SSSR count). The van der Waals surface area contributed by atoms with Crippen LogP contribution in [0.25, 0.3) is 0 Å². The quantitative estimate of drug-likeness (QED) is 0.882. The molecular weight excluding hydrogens is 280 g/mol. The van der Waals surface area contributed by atoms with Crippen LogP contribution in [0, 0.1) is 0 Å². The monoisotopic (exact) mass is 288 g/mol. The highest BCUT2D eigenvalue weighted by atomic mass is 35.5. The average Bonchev–Trinajstić information content (AvgIpc) is 2.69. The molecule has 3 nitrogen and oxygen atoms in total. The fourth-order valence-corrected chi connectivity index (χ4v) is 3.40. The highest BCUT2D eigenvalue weighted by Crippen LogP contribution is 2.25. The van der Waals surface area contributed by atoms with Crippen LogP contribution in [0.5, 0.6) is 0 Å². The van der Waals surface area contributed by atoms with Gasteiger partial charge in [0.05, 0.1) is 0 Å². The third-order valence-electron chi connectivity index (χ3n) is 2.25. The number of benzene rings is 1. The number of hydrogen-bond donors (Lipinski definition) is 1. The van der Waals surface area contributed by atoms with Crippen LogP contribution < -0.4 is 0 Å². The van der Waals surface area contributed by atoms with E-state index in [1.165, 1.54) is 0 Å². The number of halogens is 1. The first-order valence-corrected chi connectivity index (χ1v) is 7.45. The van der Waals surface area contributed by atoms with Gasteiger partial charge in [-0.05, 0) is 41.1 Å². The molecule has 0 amide bonds. The Kier molecular flexibility index (Phi) is 3.53. The molecule has 0 aliphatic carbocycles. The molecule has 0 aliphatic rings. The Morgan fingerprint density at radius 3 is 2.41 bits per heavy atom. The summed E-state index contributed by atoms with van der Waals surface area (Å²) in [6.45, 7) is 0. The maximum absolute atomic E-state index is 11.1. The molecule has 0 unspecified atom stereocenters. The average molecular weight is 289 g/mol. The molecule has 0 bridgehead atoms. The summed E-state index contributed by atoms with van der Waals surface area (Å²) in [5.74, 6) is 0. The molecular formula is C11H9ClO3S2. The molecule has 0 saturated carbocycles. The highest BCUT2D eigenvalue weighted by molar-refractivity contribution is 7.88. The Labute approximate surface area is 108 Å². The van der Waals surface area contributed by atoms with E-state index in [0.29, 0.717) is 17.0 Å². The zero-order valence-electron chi connectivity index (χ0n) is 8.63. The third kappa shape index (κ3) is 3.07. The number of hydrogen-bond acceptors (Lipinski definition) is 3. The first-order valence-electron chi connectivity index (χ1n) is 4.75. The smallest absolute Gasteiger partial charge is 0.281 e. The van der Waals surface area contributed by atoms with E-state index in [4.69, 9.17) is 16.2 Å². The topological polar surface area (TPSA) is 54.4 Å². The van der Waals surface area contributed by atoms with Gasteiger partial charge in [0, 0.05) is 5.02 Å². The van der Waals surface area contributed by atoms with Gasteiger partial charge in [-0.3, -0.25) is 4.55 Å². The SMILES string of the molecule is O=S(=O)(O)c1sccc1Cc1ccc(Cl)cc1. The Balaban J connectivity index is 2.31. The van der Waals surface area contributed by atoms with E-state index in [2.05, 4.69) is 0 Å². The van der Waals surface area contributed by atoms with E-state index in [9.17, 15) is 8.42 Å². The van der Waals surface area contributed by atoms with Gasteiger partial charge in [0.1, 0.15) is 4.21 Å². The zero-order valence-corrected chi connectivity index (χ0v) is 11.0. The molecule has 1 heterocycles. The fourth-order valence-electron chi connectivity index (χ4n) is 1.50. The van der Waals surface area contributed by atoms with Gasteiger partial charge >= 0.3 is 10.1 Å². The predicted octanol–water partition coefficient (Wildman–Crippen LogP) is 3.24. The highest BCUT2D eigenvalue weighted by Gasteiger charge is 2.16. The summed E-state index contributed by atoms with van der Waals surface area (Å²) in [6.07, 6.45) is 0.454. The van der Waals surface area contributed by atoms with Crippen LogP contribution in [0.3, 0.4) is 0 Å². The summed E-state index contributed by atoms with van der Waals surface area (Å²) in [4.78, 5) is 0. The van der Waals surface area contributed by atoms with Crippen molar-refractivity contribution in [2.45, 2.75) is 10.6 Å². The lowest BCUT2D eigenvalue weighted by atomic mass is 10.1. The summed E-state index contributed by atoms with van der Waals surface area (Å²) in [5, 5.41) is 2.28. The van der Waals surface area contributed by atoms with E-state index < -0.39 is 10.1 Å². The largest absolute Gasteiger partial charge is 0.304 e.